The third kappa shape index (κ3) is 2.81. The summed E-state index contributed by atoms with van der Waals surface area (Å²) in [6, 6.07) is 0. The minimum absolute atomic E-state index is 0.0259. The van der Waals surface area contributed by atoms with Crippen LogP contribution in [0, 0.1) is 22.2 Å². The summed E-state index contributed by atoms with van der Waals surface area (Å²) in [4.78, 5) is 12.1. The normalized spacial score (nSPS) is 46.0. The maximum Gasteiger partial charge on any atom is 0.308 e. The number of aliphatic hydroxyl groups excluding tert-OH is 2. The first-order valence-electron chi connectivity index (χ1n) is 8.84. The molecule has 4 saturated carbocycles. The van der Waals surface area contributed by atoms with Crippen LogP contribution < -0.4 is 0 Å². The van der Waals surface area contributed by atoms with Crippen molar-refractivity contribution in [2.45, 2.75) is 64.4 Å². The molecular weight excluding hydrogens is 296 g/mol. The van der Waals surface area contributed by atoms with Crippen LogP contribution in [0.1, 0.15) is 58.8 Å². The number of ether oxygens (including phenoxy) is 1. The average Bonchev–Trinajstić information content (AvgIpc) is 2.49. The standard InChI is InChI=1S/C18H30O5/c1-3-13(2)14(21)23-12-17-5-15(10-19)4-16(6-17,11-20)8-18(22,7-15)9-17/h13,19-20,22H,3-12H2,1-2H3. The lowest BCUT2D eigenvalue weighted by atomic mass is 9.38. The molecule has 23 heavy (non-hydrogen) atoms. The lowest BCUT2D eigenvalue weighted by Crippen LogP contribution is -2.66. The second kappa shape index (κ2) is 5.43. The Kier molecular flexibility index (Phi) is 4.06. The fraction of sp³-hybridized carbons (Fsp3) is 0.944. The zero-order chi connectivity index (χ0) is 16.9. The minimum atomic E-state index is -0.844. The van der Waals surface area contributed by atoms with Gasteiger partial charge in [0.2, 0.25) is 0 Å². The predicted octanol–water partition coefficient (Wildman–Crippen LogP) is 1.63. The molecule has 132 valence electrons. The van der Waals surface area contributed by atoms with Crippen molar-refractivity contribution in [2.24, 2.45) is 22.2 Å². The Morgan fingerprint density at radius 3 is 1.96 bits per heavy atom. The van der Waals surface area contributed by atoms with E-state index in [4.69, 9.17) is 4.74 Å². The molecule has 0 amide bonds. The van der Waals surface area contributed by atoms with Crippen LogP contribution >= 0.6 is 0 Å². The molecule has 3 N–H and O–H groups in total. The second-order valence-electron chi connectivity index (χ2n) is 9.02. The topological polar surface area (TPSA) is 87.0 Å². The molecule has 0 radical (unpaired) electrons. The molecule has 3 unspecified atom stereocenters. The largest absolute Gasteiger partial charge is 0.465 e. The van der Waals surface area contributed by atoms with E-state index in [2.05, 4.69) is 0 Å². The number of hydrogen-bond acceptors (Lipinski definition) is 5. The van der Waals surface area contributed by atoms with E-state index >= 15 is 0 Å². The van der Waals surface area contributed by atoms with Gasteiger partial charge < -0.3 is 20.1 Å². The van der Waals surface area contributed by atoms with Crippen LogP contribution in [0.4, 0.5) is 0 Å². The van der Waals surface area contributed by atoms with Crippen LogP contribution in [0.25, 0.3) is 0 Å². The fourth-order valence-corrected chi connectivity index (χ4v) is 6.25. The van der Waals surface area contributed by atoms with Crippen molar-refractivity contribution in [1.29, 1.82) is 0 Å². The summed E-state index contributed by atoms with van der Waals surface area (Å²) in [7, 11) is 0. The van der Waals surface area contributed by atoms with Gasteiger partial charge in [0, 0.05) is 18.6 Å². The maximum atomic E-state index is 12.1. The highest BCUT2D eigenvalue weighted by atomic mass is 16.5. The quantitative estimate of drug-likeness (QED) is 0.646. The van der Waals surface area contributed by atoms with Crippen LogP contribution in [0.2, 0.25) is 0 Å². The van der Waals surface area contributed by atoms with E-state index in [9.17, 15) is 20.1 Å². The SMILES string of the molecule is CCC(C)C(=O)OCC12CC3(O)CC(CO)(CC(CO)(C3)C1)C2. The highest BCUT2D eigenvalue weighted by Gasteiger charge is 2.67. The van der Waals surface area contributed by atoms with E-state index < -0.39 is 5.60 Å². The van der Waals surface area contributed by atoms with Crippen molar-refractivity contribution < 1.29 is 24.9 Å². The molecule has 4 aliphatic rings. The van der Waals surface area contributed by atoms with E-state index in [1.165, 1.54) is 0 Å². The van der Waals surface area contributed by atoms with Gasteiger partial charge in [0.1, 0.15) is 0 Å². The van der Waals surface area contributed by atoms with Gasteiger partial charge in [0.05, 0.1) is 18.1 Å². The third-order valence-corrected chi connectivity index (χ3v) is 6.57. The molecule has 3 atom stereocenters. The molecule has 0 heterocycles. The zero-order valence-corrected chi connectivity index (χ0v) is 14.3. The highest BCUT2D eigenvalue weighted by Crippen LogP contribution is 2.70. The van der Waals surface area contributed by atoms with Gasteiger partial charge in [-0.25, -0.2) is 0 Å². The molecule has 0 aromatic carbocycles. The molecule has 0 saturated heterocycles. The summed E-state index contributed by atoms with van der Waals surface area (Å²) in [5, 5.41) is 31.0. The summed E-state index contributed by atoms with van der Waals surface area (Å²) in [6.07, 6.45) is 4.85. The van der Waals surface area contributed by atoms with Gasteiger partial charge in [-0.3, -0.25) is 4.79 Å². The molecule has 0 aromatic heterocycles. The van der Waals surface area contributed by atoms with Crippen molar-refractivity contribution >= 4 is 5.97 Å². The van der Waals surface area contributed by atoms with Crippen LogP contribution in [-0.4, -0.2) is 46.7 Å². The number of carbonyl (C=O) groups excluding carboxylic acids is 1. The van der Waals surface area contributed by atoms with Crippen molar-refractivity contribution in [3.05, 3.63) is 0 Å². The van der Waals surface area contributed by atoms with E-state index in [0.717, 1.165) is 25.7 Å². The fourth-order valence-electron chi connectivity index (χ4n) is 6.25. The minimum Gasteiger partial charge on any atom is -0.465 e. The van der Waals surface area contributed by atoms with E-state index in [1.54, 1.807) is 0 Å². The Bertz CT molecular complexity index is 468. The van der Waals surface area contributed by atoms with Crippen LogP contribution in [0.15, 0.2) is 0 Å². The smallest absolute Gasteiger partial charge is 0.308 e. The Labute approximate surface area is 138 Å². The summed E-state index contributed by atoms with van der Waals surface area (Å²) in [5.41, 5.74) is -1.83. The Hall–Kier alpha value is -0.650. The van der Waals surface area contributed by atoms with Gasteiger partial charge in [-0.2, -0.15) is 0 Å². The number of hydrogen-bond donors (Lipinski definition) is 3. The average molecular weight is 326 g/mol. The van der Waals surface area contributed by atoms with E-state index in [0.29, 0.717) is 25.9 Å². The van der Waals surface area contributed by atoms with Crippen LogP contribution in [0.3, 0.4) is 0 Å². The molecule has 0 aromatic rings. The van der Waals surface area contributed by atoms with Crippen molar-refractivity contribution in [2.75, 3.05) is 19.8 Å². The number of esters is 1. The van der Waals surface area contributed by atoms with Crippen molar-refractivity contribution in [3.63, 3.8) is 0 Å². The highest BCUT2D eigenvalue weighted by molar-refractivity contribution is 5.71. The molecule has 5 nitrogen and oxygen atoms in total. The van der Waals surface area contributed by atoms with Gasteiger partial charge in [-0.15, -0.1) is 0 Å². The van der Waals surface area contributed by atoms with Gasteiger partial charge in [0.15, 0.2) is 0 Å². The summed E-state index contributed by atoms with van der Waals surface area (Å²) in [6.45, 7) is 4.17. The van der Waals surface area contributed by atoms with E-state index in [1.807, 2.05) is 13.8 Å². The Morgan fingerprint density at radius 2 is 1.48 bits per heavy atom. The van der Waals surface area contributed by atoms with Gasteiger partial charge in [-0.1, -0.05) is 13.8 Å². The first-order chi connectivity index (χ1) is 10.7. The Balaban J connectivity index is 1.83. The predicted molar refractivity (Wildman–Crippen MR) is 84.5 cm³/mol. The molecule has 4 fully saturated rings. The molecule has 0 spiro atoms. The monoisotopic (exact) mass is 326 g/mol. The lowest BCUT2D eigenvalue weighted by Gasteiger charge is -2.68. The number of carbonyl (C=O) groups is 1. The molecule has 4 rings (SSSR count). The zero-order valence-electron chi connectivity index (χ0n) is 14.3. The number of aliphatic hydroxyl groups is 3. The van der Waals surface area contributed by atoms with Crippen molar-refractivity contribution in [1.82, 2.24) is 0 Å². The third-order valence-electron chi connectivity index (χ3n) is 6.57. The Morgan fingerprint density at radius 1 is 1.00 bits per heavy atom. The summed E-state index contributed by atoms with van der Waals surface area (Å²) >= 11 is 0. The molecule has 0 aliphatic heterocycles. The number of rotatable bonds is 6. The first kappa shape index (κ1) is 17.2. The second-order valence-corrected chi connectivity index (χ2v) is 9.02. The maximum absolute atomic E-state index is 12.1. The van der Waals surface area contributed by atoms with Crippen molar-refractivity contribution in [3.8, 4) is 0 Å². The van der Waals surface area contributed by atoms with Gasteiger partial charge in [0.25, 0.3) is 0 Å². The first-order valence-corrected chi connectivity index (χ1v) is 8.84. The van der Waals surface area contributed by atoms with Crippen LogP contribution in [-0.2, 0) is 9.53 Å². The van der Waals surface area contributed by atoms with Gasteiger partial charge in [-0.05, 0) is 55.8 Å². The molecule has 5 heteroatoms. The van der Waals surface area contributed by atoms with Crippen LogP contribution in [0.5, 0.6) is 0 Å². The molecule has 4 bridgehead atoms. The lowest BCUT2D eigenvalue weighted by molar-refractivity contribution is -0.259. The van der Waals surface area contributed by atoms with E-state index in [-0.39, 0.29) is 41.3 Å². The van der Waals surface area contributed by atoms with Gasteiger partial charge >= 0.3 is 5.97 Å². The molecule has 4 aliphatic carbocycles. The summed E-state index contributed by atoms with van der Waals surface area (Å²) < 4.78 is 5.59. The summed E-state index contributed by atoms with van der Waals surface area (Å²) in [5.74, 6) is -0.308. The molecular formula is C18H30O5.